The Morgan fingerprint density at radius 3 is 1.77 bits per heavy atom. The summed E-state index contributed by atoms with van der Waals surface area (Å²) in [6.07, 6.45) is 1.30. The zero-order valence-corrected chi connectivity index (χ0v) is 23.7. The number of nitrogens with one attached hydrogen (secondary N) is 2. The quantitative estimate of drug-likeness (QED) is 0.688. The SMILES string of the molecule is C[SiH](C)NC1(C)C(C(C)(C)C)CC(C)(CNC(C)(C)C)C(C)([SiH3])C1(C)C. The first-order chi connectivity index (χ1) is 11.2. The van der Waals surface area contributed by atoms with Gasteiger partial charge in [0.25, 0.3) is 0 Å². The minimum atomic E-state index is -0.898. The summed E-state index contributed by atoms with van der Waals surface area (Å²) in [6, 6.07) is 0. The lowest BCUT2D eigenvalue weighted by molar-refractivity contribution is -0.111. The fourth-order valence-corrected chi connectivity index (χ4v) is 8.22. The zero-order chi connectivity index (χ0) is 21.0. The van der Waals surface area contributed by atoms with Crippen LogP contribution in [-0.2, 0) is 0 Å². The van der Waals surface area contributed by atoms with Crippen molar-refractivity contribution in [3.8, 4) is 0 Å². The summed E-state index contributed by atoms with van der Waals surface area (Å²) in [4.78, 5) is 4.21. The second-order valence-electron chi connectivity index (χ2n) is 13.0. The second kappa shape index (κ2) is 7.00. The zero-order valence-electron chi connectivity index (χ0n) is 20.6. The highest BCUT2D eigenvalue weighted by molar-refractivity contribution is 6.53. The van der Waals surface area contributed by atoms with Crippen LogP contribution in [0.3, 0.4) is 0 Å². The highest BCUT2D eigenvalue weighted by Gasteiger charge is 2.66. The summed E-state index contributed by atoms with van der Waals surface area (Å²) < 4.78 is 0. The molecule has 156 valence electrons. The van der Waals surface area contributed by atoms with Crippen molar-refractivity contribution < 1.29 is 0 Å². The fraction of sp³-hybridized carbons (Fsp3) is 1.00. The second-order valence-corrected chi connectivity index (χ2v) is 17.6. The first-order valence-corrected chi connectivity index (χ1v) is 14.6. The van der Waals surface area contributed by atoms with Gasteiger partial charge in [-0.05, 0) is 61.3 Å². The molecule has 0 radical (unpaired) electrons. The molecule has 0 heterocycles. The lowest BCUT2D eigenvalue weighted by Gasteiger charge is -2.71. The monoisotopic (exact) mass is 398 g/mol. The normalized spacial score (nSPS) is 38.8. The summed E-state index contributed by atoms with van der Waals surface area (Å²) in [5.74, 6) is 0.661. The van der Waals surface area contributed by atoms with E-state index in [1.807, 2.05) is 0 Å². The van der Waals surface area contributed by atoms with Gasteiger partial charge in [0.15, 0.2) is 0 Å². The number of hydrogen-bond donors (Lipinski definition) is 2. The van der Waals surface area contributed by atoms with E-state index in [9.17, 15) is 0 Å². The van der Waals surface area contributed by atoms with Crippen LogP contribution in [0.1, 0.15) is 82.6 Å². The maximum absolute atomic E-state index is 4.21. The molecule has 2 N–H and O–H groups in total. The Morgan fingerprint density at radius 1 is 0.962 bits per heavy atom. The molecular formula is C22H50N2Si2. The van der Waals surface area contributed by atoms with Crippen LogP contribution in [0.4, 0.5) is 0 Å². The molecule has 0 bridgehead atoms. The highest BCUT2D eigenvalue weighted by Crippen LogP contribution is 2.69. The molecule has 1 rings (SSSR count). The molecule has 0 amide bonds. The van der Waals surface area contributed by atoms with Gasteiger partial charge in [-0.3, -0.25) is 0 Å². The molecule has 0 aromatic heterocycles. The maximum Gasteiger partial charge on any atom is 0.103 e. The first kappa shape index (κ1) is 24.4. The smallest absolute Gasteiger partial charge is 0.103 e. The molecule has 0 aromatic carbocycles. The van der Waals surface area contributed by atoms with E-state index in [2.05, 4.69) is 99.6 Å². The van der Waals surface area contributed by atoms with E-state index >= 15 is 0 Å². The van der Waals surface area contributed by atoms with E-state index in [1.54, 1.807) is 0 Å². The summed E-state index contributed by atoms with van der Waals surface area (Å²) in [7, 11) is 0.314. The van der Waals surface area contributed by atoms with E-state index in [1.165, 1.54) is 16.7 Å². The van der Waals surface area contributed by atoms with E-state index < -0.39 is 8.96 Å². The third-order valence-electron chi connectivity index (χ3n) is 8.36. The molecule has 0 aliphatic heterocycles. The van der Waals surface area contributed by atoms with Gasteiger partial charge >= 0.3 is 0 Å². The Kier molecular flexibility index (Phi) is 6.57. The van der Waals surface area contributed by atoms with Gasteiger partial charge in [0.2, 0.25) is 0 Å². The Labute approximate surface area is 170 Å². The Morgan fingerprint density at radius 2 is 1.42 bits per heavy atom. The molecule has 1 saturated carbocycles. The van der Waals surface area contributed by atoms with Crippen molar-refractivity contribution in [2.75, 3.05) is 6.54 Å². The van der Waals surface area contributed by atoms with Crippen LogP contribution >= 0.6 is 0 Å². The summed E-state index contributed by atoms with van der Waals surface area (Å²) in [6.45, 7) is 33.1. The number of hydrogen-bond acceptors (Lipinski definition) is 2. The van der Waals surface area contributed by atoms with Gasteiger partial charge in [0, 0.05) is 27.9 Å². The predicted molar refractivity (Wildman–Crippen MR) is 126 cm³/mol. The van der Waals surface area contributed by atoms with Gasteiger partial charge in [-0.25, -0.2) is 0 Å². The van der Waals surface area contributed by atoms with Crippen LogP contribution in [0.25, 0.3) is 0 Å². The van der Waals surface area contributed by atoms with E-state index in [-0.39, 0.29) is 16.5 Å². The molecule has 1 fully saturated rings. The average Bonchev–Trinajstić information content (AvgIpc) is 2.37. The van der Waals surface area contributed by atoms with Crippen LogP contribution < -0.4 is 10.3 Å². The van der Waals surface area contributed by atoms with Crippen molar-refractivity contribution in [3.63, 3.8) is 0 Å². The van der Waals surface area contributed by atoms with Gasteiger partial charge in [-0.2, -0.15) is 0 Å². The van der Waals surface area contributed by atoms with Gasteiger partial charge in [-0.15, -0.1) is 0 Å². The van der Waals surface area contributed by atoms with E-state index in [0.29, 0.717) is 21.8 Å². The molecule has 4 atom stereocenters. The van der Waals surface area contributed by atoms with Crippen molar-refractivity contribution in [3.05, 3.63) is 0 Å². The largest absolute Gasteiger partial charge is 0.334 e. The van der Waals surface area contributed by atoms with Crippen molar-refractivity contribution in [1.29, 1.82) is 0 Å². The third-order valence-corrected chi connectivity index (χ3v) is 12.0. The molecular weight excluding hydrogens is 348 g/mol. The fourth-order valence-electron chi connectivity index (χ4n) is 5.56. The van der Waals surface area contributed by atoms with E-state index in [4.69, 9.17) is 0 Å². The molecule has 0 saturated heterocycles. The van der Waals surface area contributed by atoms with Crippen molar-refractivity contribution in [1.82, 2.24) is 10.3 Å². The standard InChI is InChI=1S/C22H50N2Si2/c1-17(2,3)16-14-20(9,15-23-18(4,5)6)22(11,25)19(7,8)21(16,10)24-26(12)13/h16,23-24,26H,14-15H2,1-13,25H3. The first-order valence-electron chi connectivity index (χ1n) is 10.7. The van der Waals surface area contributed by atoms with Gasteiger partial charge in [0.05, 0.1) is 0 Å². The molecule has 26 heavy (non-hydrogen) atoms. The summed E-state index contributed by atoms with van der Waals surface area (Å²) in [5.41, 5.74) is 1.21. The van der Waals surface area contributed by atoms with Crippen LogP contribution in [0.2, 0.25) is 18.1 Å². The molecule has 1 aliphatic carbocycles. The van der Waals surface area contributed by atoms with Gasteiger partial charge < -0.3 is 10.3 Å². The Hall–Kier alpha value is 0.354. The Balaban J connectivity index is 3.51. The topological polar surface area (TPSA) is 24.1 Å². The minimum Gasteiger partial charge on any atom is -0.334 e. The van der Waals surface area contributed by atoms with Crippen LogP contribution in [0, 0.1) is 22.2 Å². The molecule has 4 heteroatoms. The van der Waals surface area contributed by atoms with Gasteiger partial charge in [-0.1, -0.05) is 61.6 Å². The molecule has 1 aliphatic rings. The van der Waals surface area contributed by atoms with Crippen molar-refractivity contribution in [2.45, 2.75) is 112 Å². The van der Waals surface area contributed by atoms with Crippen LogP contribution in [-0.4, -0.2) is 36.8 Å². The Bertz CT molecular complexity index is 499. The number of rotatable bonds is 4. The summed E-state index contributed by atoms with van der Waals surface area (Å²) >= 11 is 0. The lowest BCUT2D eigenvalue weighted by Crippen LogP contribution is -2.73. The molecule has 2 nitrogen and oxygen atoms in total. The third kappa shape index (κ3) is 4.18. The van der Waals surface area contributed by atoms with E-state index in [0.717, 1.165) is 6.54 Å². The molecule has 0 spiro atoms. The van der Waals surface area contributed by atoms with Gasteiger partial charge in [0.1, 0.15) is 8.96 Å². The van der Waals surface area contributed by atoms with Crippen LogP contribution in [0.5, 0.6) is 0 Å². The predicted octanol–water partition coefficient (Wildman–Crippen LogP) is 4.35. The summed E-state index contributed by atoms with van der Waals surface area (Å²) in [5, 5.41) is 4.23. The van der Waals surface area contributed by atoms with Crippen molar-refractivity contribution >= 4 is 19.2 Å². The van der Waals surface area contributed by atoms with Crippen LogP contribution in [0.15, 0.2) is 0 Å². The maximum atomic E-state index is 4.21. The minimum absolute atomic E-state index is 0.172. The molecule has 4 unspecified atom stereocenters. The molecule has 0 aromatic rings. The van der Waals surface area contributed by atoms with Crippen molar-refractivity contribution in [2.24, 2.45) is 22.2 Å². The highest BCUT2D eigenvalue weighted by atomic mass is 28.3. The average molecular weight is 399 g/mol. The lowest BCUT2D eigenvalue weighted by atomic mass is 9.43.